The minimum atomic E-state index is -4.33. The maximum atomic E-state index is 12.0. The lowest BCUT2D eigenvalue weighted by Crippen LogP contribution is -2.37. The Morgan fingerprint density at radius 1 is 1.28 bits per heavy atom. The van der Waals surface area contributed by atoms with Gasteiger partial charge >= 0.3 is 12.1 Å². The van der Waals surface area contributed by atoms with Crippen molar-refractivity contribution in [1.82, 2.24) is 5.32 Å². The highest BCUT2D eigenvalue weighted by molar-refractivity contribution is 5.73. The molecular formula is C12H14F3NO2. The summed E-state index contributed by atoms with van der Waals surface area (Å²) in [6.07, 6.45) is -5.90. The van der Waals surface area contributed by atoms with Crippen molar-refractivity contribution in [3.8, 4) is 0 Å². The average molecular weight is 261 g/mol. The van der Waals surface area contributed by atoms with Crippen LogP contribution in [0.15, 0.2) is 30.3 Å². The first-order valence-corrected chi connectivity index (χ1v) is 5.45. The van der Waals surface area contributed by atoms with E-state index in [-0.39, 0.29) is 6.54 Å². The van der Waals surface area contributed by atoms with E-state index in [0.29, 0.717) is 0 Å². The van der Waals surface area contributed by atoms with Crippen molar-refractivity contribution in [2.75, 3.05) is 0 Å². The molecule has 0 saturated carbocycles. The molecule has 1 rings (SSSR count). The molecule has 0 aliphatic heterocycles. The van der Waals surface area contributed by atoms with Crippen molar-refractivity contribution in [2.24, 2.45) is 0 Å². The largest absolute Gasteiger partial charge is 0.480 e. The molecule has 1 aromatic carbocycles. The summed E-state index contributed by atoms with van der Waals surface area (Å²) in [6, 6.07) is 7.73. The summed E-state index contributed by atoms with van der Waals surface area (Å²) in [5.41, 5.74) is 0.829. The van der Waals surface area contributed by atoms with Gasteiger partial charge in [-0.2, -0.15) is 13.2 Å². The van der Waals surface area contributed by atoms with Crippen molar-refractivity contribution in [3.63, 3.8) is 0 Å². The Balaban J connectivity index is 2.46. The normalized spacial score (nSPS) is 13.3. The Morgan fingerprint density at radius 2 is 1.89 bits per heavy atom. The highest BCUT2D eigenvalue weighted by Crippen LogP contribution is 2.22. The summed E-state index contributed by atoms with van der Waals surface area (Å²) in [7, 11) is 0. The summed E-state index contributed by atoms with van der Waals surface area (Å²) >= 11 is 0. The van der Waals surface area contributed by atoms with Crippen molar-refractivity contribution >= 4 is 5.97 Å². The molecule has 0 radical (unpaired) electrons. The fourth-order valence-corrected chi connectivity index (χ4v) is 1.46. The standard InChI is InChI=1S/C12H14F3NO2/c13-12(14,15)7-6-10(11(17)18)16-8-9-4-2-1-3-5-9/h1-5,10,16H,6-8H2,(H,17,18). The first kappa shape index (κ1) is 14.5. The average Bonchev–Trinajstić information content (AvgIpc) is 2.28. The molecule has 3 nitrogen and oxygen atoms in total. The van der Waals surface area contributed by atoms with Crippen LogP contribution in [-0.4, -0.2) is 23.3 Å². The Hall–Kier alpha value is -1.56. The fourth-order valence-electron chi connectivity index (χ4n) is 1.46. The number of carbonyl (C=O) groups is 1. The first-order valence-electron chi connectivity index (χ1n) is 5.45. The smallest absolute Gasteiger partial charge is 0.389 e. The molecule has 0 heterocycles. The molecule has 100 valence electrons. The number of carboxylic acids is 1. The number of hydrogen-bond donors (Lipinski definition) is 2. The molecule has 6 heteroatoms. The van der Waals surface area contributed by atoms with Gasteiger partial charge in [-0.3, -0.25) is 4.79 Å². The monoisotopic (exact) mass is 261 g/mol. The van der Waals surface area contributed by atoms with Gasteiger partial charge in [-0.15, -0.1) is 0 Å². The number of alkyl halides is 3. The van der Waals surface area contributed by atoms with E-state index in [9.17, 15) is 18.0 Å². The van der Waals surface area contributed by atoms with Crippen molar-refractivity contribution in [2.45, 2.75) is 31.6 Å². The van der Waals surface area contributed by atoms with Gasteiger partial charge in [0.2, 0.25) is 0 Å². The van der Waals surface area contributed by atoms with Crippen LogP contribution >= 0.6 is 0 Å². The van der Waals surface area contributed by atoms with Crippen LogP contribution in [0.1, 0.15) is 18.4 Å². The second-order valence-electron chi connectivity index (χ2n) is 3.91. The first-order chi connectivity index (χ1) is 8.38. The van der Waals surface area contributed by atoms with Crippen LogP contribution in [0.2, 0.25) is 0 Å². The van der Waals surface area contributed by atoms with Gasteiger partial charge < -0.3 is 10.4 Å². The third-order valence-corrected chi connectivity index (χ3v) is 2.41. The zero-order valence-corrected chi connectivity index (χ0v) is 9.57. The molecule has 0 fully saturated rings. The molecule has 0 spiro atoms. The third-order valence-electron chi connectivity index (χ3n) is 2.41. The van der Waals surface area contributed by atoms with Gasteiger partial charge in [-0.1, -0.05) is 30.3 Å². The van der Waals surface area contributed by atoms with E-state index in [1.54, 1.807) is 24.3 Å². The summed E-state index contributed by atoms with van der Waals surface area (Å²) in [4.78, 5) is 10.8. The predicted octanol–water partition coefficient (Wildman–Crippen LogP) is 2.57. The van der Waals surface area contributed by atoms with Gasteiger partial charge in [0, 0.05) is 13.0 Å². The van der Waals surface area contributed by atoms with E-state index in [4.69, 9.17) is 5.11 Å². The minimum Gasteiger partial charge on any atom is -0.480 e. The predicted molar refractivity (Wildman–Crippen MR) is 60.0 cm³/mol. The van der Waals surface area contributed by atoms with Gasteiger partial charge in [-0.25, -0.2) is 0 Å². The number of halogens is 3. The van der Waals surface area contributed by atoms with E-state index in [1.807, 2.05) is 6.07 Å². The van der Waals surface area contributed by atoms with Gasteiger partial charge in [0.1, 0.15) is 6.04 Å². The maximum Gasteiger partial charge on any atom is 0.389 e. The van der Waals surface area contributed by atoms with Crippen molar-refractivity contribution < 1.29 is 23.1 Å². The van der Waals surface area contributed by atoms with Gasteiger partial charge in [-0.05, 0) is 12.0 Å². The highest BCUT2D eigenvalue weighted by Gasteiger charge is 2.30. The number of rotatable bonds is 6. The number of aliphatic carboxylic acids is 1. The SMILES string of the molecule is O=C(O)C(CCC(F)(F)F)NCc1ccccc1. The zero-order valence-electron chi connectivity index (χ0n) is 9.57. The van der Waals surface area contributed by atoms with Crippen LogP contribution in [0.25, 0.3) is 0 Å². The van der Waals surface area contributed by atoms with Gasteiger partial charge in [0.05, 0.1) is 0 Å². The quantitative estimate of drug-likeness (QED) is 0.827. The Morgan fingerprint density at radius 3 is 2.39 bits per heavy atom. The topological polar surface area (TPSA) is 49.3 Å². The second kappa shape index (κ2) is 6.39. The highest BCUT2D eigenvalue weighted by atomic mass is 19.4. The van der Waals surface area contributed by atoms with Gasteiger partial charge in [0.15, 0.2) is 0 Å². The van der Waals surface area contributed by atoms with Crippen LogP contribution in [-0.2, 0) is 11.3 Å². The Bertz CT molecular complexity index is 379. The summed E-state index contributed by atoms with van der Waals surface area (Å²) < 4.78 is 36.1. The van der Waals surface area contributed by atoms with Crippen LogP contribution in [0, 0.1) is 0 Å². The molecule has 0 bridgehead atoms. The molecule has 0 aliphatic carbocycles. The lowest BCUT2D eigenvalue weighted by Gasteiger charge is -2.15. The van der Waals surface area contributed by atoms with Crippen LogP contribution < -0.4 is 5.32 Å². The Labute approximate surface area is 103 Å². The van der Waals surface area contributed by atoms with Crippen LogP contribution in [0.5, 0.6) is 0 Å². The second-order valence-corrected chi connectivity index (χ2v) is 3.91. The van der Waals surface area contributed by atoms with E-state index in [0.717, 1.165) is 5.56 Å². The molecule has 0 aliphatic rings. The number of benzene rings is 1. The van der Waals surface area contributed by atoms with E-state index in [2.05, 4.69) is 5.32 Å². The molecule has 0 amide bonds. The zero-order chi connectivity index (χ0) is 13.6. The molecule has 1 aromatic rings. The lowest BCUT2D eigenvalue weighted by atomic mass is 10.1. The van der Waals surface area contributed by atoms with Gasteiger partial charge in [0.25, 0.3) is 0 Å². The maximum absolute atomic E-state index is 12.0. The summed E-state index contributed by atoms with van der Waals surface area (Å²) in [5, 5.41) is 11.4. The number of hydrogen-bond acceptors (Lipinski definition) is 2. The van der Waals surface area contributed by atoms with E-state index >= 15 is 0 Å². The third kappa shape index (κ3) is 5.67. The summed E-state index contributed by atoms with van der Waals surface area (Å²) in [5.74, 6) is -1.27. The van der Waals surface area contributed by atoms with Crippen LogP contribution in [0.4, 0.5) is 13.2 Å². The molecular weight excluding hydrogens is 247 g/mol. The summed E-state index contributed by atoms with van der Waals surface area (Å²) in [6.45, 7) is 0.232. The molecule has 18 heavy (non-hydrogen) atoms. The molecule has 1 unspecified atom stereocenters. The van der Waals surface area contributed by atoms with E-state index < -0.39 is 31.0 Å². The van der Waals surface area contributed by atoms with Crippen LogP contribution in [0.3, 0.4) is 0 Å². The minimum absolute atomic E-state index is 0.232. The fraction of sp³-hybridized carbons (Fsp3) is 0.417. The van der Waals surface area contributed by atoms with Crippen molar-refractivity contribution in [1.29, 1.82) is 0 Å². The number of nitrogens with one attached hydrogen (secondary N) is 1. The molecule has 0 saturated heterocycles. The number of carboxylic acid groups (broad SMARTS) is 1. The molecule has 2 N–H and O–H groups in total. The molecule has 0 aromatic heterocycles. The molecule has 1 atom stereocenters. The van der Waals surface area contributed by atoms with Crippen molar-refractivity contribution in [3.05, 3.63) is 35.9 Å². The Kier molecular flexibility index (Phi) is 5.15. The van der Waals surface area contributed by atoms with E-state index in [1.165, 1.54) is 0 Å². The lowest BCUT2D eigenvalue weighted by molar-refractivity contribution is -0.146.